The summed E-state index contributed by atoms with van der Waals surface area (Å²) < 4.78 is 30.0. The van der Waals surface area contributed by atoms with Crippen molar-refractivity contribution in [3.05, 3.63) is 11.6 Å². The fraction of sp³-hybridized carbons (Fsp3) is 0.692. The Kier molecular flexibility index (Phi) is 4.52. The van der Waals surface area contributed by atoms with Crippen LogP contribution in [0.1, 0.15) is 6.92 Å². The van der Waals surface area contributed by atoms with Gasteiger partial charge in [-0.25, -0.2) is 4.39 Å². The number of carbonyl (C=O) groups excluding carboxylic acids is 2. The number of carbonyl (C=O) groups is 2. The molecule has 0 aromatic carbocycles. The molecule has 0 radical (unpaired) electrons. The lowest BCUT2D eigenvalue weighted by atomic mass is 9.91. The smallest absolute Gasteiger partial charge is 0.253 e. The van der Waals surface area contributed by atoms with Crippen LogP contribution in [0.2, 0.25) is 0 Å². The lowest BCUT2D eigenvalue weighted by molar-refractivity contribution is -0.135. The quantitative estimate of drug-likeness (QED) is 0.735. The number of hydrogen-bond acceptors (Lipinski definition) is 5. The summed E-state index contributed by atoms with van der Waals surface area (Å²) in [6, 6.07) is 0. The Labute approximate surface area is 116 Å². The number of rotatable bonds is 4. The molecule has 2 aliphatic rings. The van der Waals surface area contributed by atoms with Gasteiger partial charge in [0, 0.05) is 19.8 Å². The summed E-state index contributed by atoms with van der Waals surface area (Å²) in [5.74, 6) is -1.86. The van der Waals surface area contributed by atoms with Gasteiger partial charge in [0.25, 0.3) is 5.91 Å². The predicted octanol–water partition coefficient (Wildman–Crippen LogP) is -0.0278. The number of amides is 2. The molecule has 0 aliphatic carbocycles. The van der Waals surface area contributed by atoms with Crippen LogP contribution < -0.4 is 5.32 Å². The van der Waals surface area contributed by atoms with E-state index in [2.05, 4.69) is 5.32 Å². The van der Waals surface area contributed by atoms with Crippen molar-refractivity contribution in [2.24, 2.45) is 5.92 Å². The van der Waals surface area contributed by atoms with Crippen LogP contribution in [0.3, 0.4) is 0 Å². The maximum absolute atomic E-state index is 14.4. The standard InChI is InChI=1S/C13H18FNO5/c1-6-4-7(13(17)15-12(6)16)10-9(14)11(19-3)8(20-10)5-18-2/h4,7-11H,5H2,1-3H3,(H,15,16,17)/t7?,8-,9?,10+,11?/m0/s1. The Balaban J connectivity index is 2.20. The molecule has 2 aliphatic heterocycles. The zero-order valence-corrected chi connectivity index (χ0v) is 11.6. The van der Waals surface area contributed by atoms with Gasteiger partial charge in [0.1, 0.15) is 18.3 Å². The molecule has 0 aromatic heterocycles. The van der Waals surface area contributed by atoms with Crippen molar-refractivity contribution in [2.75, 3.05) is 20.8 Å². The second-order valence-electron chi connectivity index (χ2n) is 4.93. The predicted molar refractivity (Wildman–Crippen MR) is 66.6 cm³/mol. The van der Waals surface area contributed by atoms with Crippen molar-refractivity contribution in [3.8, 4) is 0 Å². The summed E-state index contributed by atoms with van der Waals surface area (Å²) in [4.78, 5) is 23.2. The van der Waals surface area contributed by atoms with Gasteiger partial charge in [0.2, 0.25) is 5.91 Å². The van der Waals surface area contributed by atoms with E-state index in [1.54, 1.807) is 6.92 Å². The monoisotopic (exact) mass is 287 g/mol. The largest absolute Gasteiger partial charge is 0.382 e. The molecule has 1 fully saturated rings. The number of methoxy groups -OCH3 is 2. The van der Waals surface area contributed by atoms with Crippen LogP contribution in [-0.2, 0) is 23.8 Å². The first-order valence-electron chi connectivity index (χ1n) is 6.34. The zero-order chi connectivity index (χ0) is 14.9. The Morgan fingerprint density at radius 3 is 2.70 bits per heavy atom. The third kappa shape index (κ3) is 2.61. The number of halogens is 1. The maximum Gasteiger partial charge on any atom is 0.253 e. The lowest BCUT2D eigenvalue weighted by Crippen LogP contribution is -2.46. The number of nitrogens with one attached hydrogen (secondary N) is 1. The summed E-state index contributed by atoms with van der Waals surface area (Å²) in [6.45, 7) is 1.74. The summed E-state index contributed by atoms with van der Waals surface area (Å²) in [7, 11) is 2.86. The Morgan fingerprint density at radius 2 is 2.10 bits per heavy atom. The van der Waals surface area contributed by atoms with Crippen LogP contribution in [-0.4, -0.2) is 57.1 Å². The second-order valence-corrected chi connectivity index (χ2v) is 4.93. The third-order valence-corrected chi connectivity index (χ3v) is 3.61. The van der Waals surface area contributed by atoms with E-state index in [4.69, 9.17) is 14.2 Å². The average molecular weight is 287 g/mol. The number of hydrogen-bond donors (Lipinski definition) is 1. The van der Waals surface area contributed by atoms with Crippen molar-refractivity contribution in [3.63, 3.8) is 0 Å². The highest BCUT2D eigenvalue weighted by Crippen LogP contribution is 2.33. The van der Waals surface area contributed by atoms with Crippen LogP contribution in [0.25, 0.3) is 0 Å². The van der Waals surface area contributed by atoms with Crippen LogP contribution >= 0.6 is 0 Å². The minimum Gasteiger partial charge on any atom is -0.382 e. The minimum absolute atomic E-state index is 0.172. The van der Waals surface area contributed by atoms with E-state index in [0.717, 1.165) is 0 Å². The molecule has 0 aromatic rings. The van der Waals surface area contributed by atoms with E-state index in [1.807, 2.05) is 0 Å². The molecule has 1 N–H and O–H groups in total. The Morgan fingerprint density at radius 1 is 1.40 bits per heavy atom. The molecule has 1 saturated heterocycles. The summed E-state index contributed by atoms with van der Waals surface area (Å²) >= 11 is 0. The molecule has 2 amide bonds. The van der Waals surface area contributed by atoms with Gasteiger partial charge in [-0.3, -0.25) is 14.9 Å². The number of imide groups is 1. The van der Waals surface area contributed by atoms with Crippen molar-refractivity contribution in [2.45, 2.75) is 31.4 Å². The van der Waals surface area contributed by atoms with Crippen molar-refractivity contribution >= 4 is 11.8 Å². The van der Waals surface area contributed by atoms with Gasteiger partial charge in [0.05, 0.1) is 12.5 Å². The molecule has 5 atom stereocenters. The van der Waals surface area contributed by atoms with E-state index in [0.29, 0.717) is 5.57 Å². The summed E-state index contributed by atoms with van der Waals surface area (Å²) in [6.07, 6.45) is -2.38. The topological polar surface area (TPSA) is 73.9 Å². The van der Waals surface area contributed by atoms with Crippen LogP contribution in [0.4, 0.5) is 4.39 Å². The molecular formula is C13H18FNO5. The van der Waals surface area contributed by atoms with Gasteiger partial charge in [0.15, 0.2) is 6.17 Å². The van der Waals surface area contributed by atoms with E-state index in [1.165, 1.54) is 20.3 Å². The molecule has 0 saturated carbocycles. The molecule has 6 nitrogen and oxygen atoms in total. The number of alkyl halides is 1. The molecule has 3 unspecified atom stereocenters. The van der Waals surface area contributed by atoms with Gasteiger partial charge in [-0.1, -0.05) is 6.08 Å². The number of ether oxygens (including phenoxy) is 3. The van der Waals surface area contributed by atoms with E-state index < -0.39 is 42.2 Å². The third-order valence-electron chi connectivity index (χ3n) is 3.61. The molecule has 20 heavy (non-hydrogen) atoms. The molecule has 0 bridgehead atoms. The zero-order valence-electron chi connectivity index (χ0n) is 11.6. The van der Waals surface area contributed by atoms with E-state index >= 15 is 0 Å². The van der Waals surface area contributed by atoms with Gasteiger partial charge in [-0.2, -0.15) is 0 Å². The Hall–Kier alpha value is -1.31. The highest BCUT2D eigenvalue weighted by Gasteiger charge is 2.50. The molecular weight excluding hydrogens is 269 g/mol. The van der Waals surface area contributed by atoms with Crippen molar-refractivity contribution < 1.29 is 28.2 Å². The lowest BCUT2D eigenvalue weighted by Gasteiger charge is -2.25. The molecule has 7 heteroatoms. The summed E-state index contributed by atoms with van der Waals surface area (Å²) in [5.41, 5.74) is 0.370. The van der Waals surface area contributed by atoms with Gasteiger partial charge in [-0.05, 0) is 6.92 Å². The second kappa shape index (κ2) is 5.99. The molecule has 2 heterocycles. The summed E-state index contributed by atoms with van der Waals surface area (Å²) in [5, 5.41) is 2.19. The van der Waals surface area contributed by atoms with Gasteiger partial charge >= 0.3 is 0 Å². The first-order chi connectivity index (χ1) is 9.49. The molecule has 2 rings (SSSR count). The maximum atomic E-state index is 14.4. The van der Waals surface area contributed by atoms with E-state index in [-0.39, 0.29) is 6.61 Å². The molecule has 112 valence electrons. The van der Waals surface area contributed by atoms with Crippen LogP contribution in [0.15, 0.2) is 11.6 Å². The first-order valence-corrected chi connectivity index (χ1v) is 6.34. The minimum atomic E-state index is -1.46. The normalized spacial score (nSPS) is 37.8. The van der Waals surface area contributed by atoms with Gasteiger partial charge < -0.3 is 14.2 Å². The molecule has 0 spiro atoms. The average Bonchev–Trinajstić information content (AvgIpc) is 2.71. The van der Waals surface area contributed by atoms with E-state index in [9.17, 15) is 14.0 Å². The van der Waals surface area contributed by atoms with Crippen LogP contribution in [0.5, 0.6) is 0 Å². The fourth-order valence-electron chi connectivity index (χ4n) is 2.57. The highest BCUT2D eigenvalue weighted by atomic mass is 19.1. The Bertz CT molecular complexity index is 438. The first kappa shape index (κ1) is 15.1. The highest BCUT2D eigenvalue weighted by molar-refractivity contribution is 6.08. The SMILES string of the molecule is COC[C@@H]1O[C@H](C2C=C(C)C(=O)NC2=O)C(F)C1OC. The van der Waals surface area contributed by atoms with Crippen molar-refractivity contribution in [1.29, 1.82) is 0 Å². The van der Waals surface area contributed by atoms with Gasteiger partial charge in [-0.15, -0.1) is 0 Å². The van der Waals surface area contributed by atoms with Crippen molar-refractivity contribution in [1.82, 2.24) is 5.32 Å². The van der Waals surface area contributed by atoms with Crippen LogP contribution in [0, 0.1) is 5.92 Å². The fourth-order valence-corrected chi connectivity index (χ4v) is 2.57.